The van der Waals surface area contributed by atoms with Crippen LogP contribution in [-0.4, -0.2) is 20.3 Å². The second-order valence-corrected chi connectivity index (χ2v) is 4.04. The zero-order valence-electron chi connectivity index (χ0n) is 10.9. The Bertz CT molecular complexity index is 529. The lowest BCUT2D eigenvalue weighted by atomic mass is 10.3. The minimum atomic E-state index is 0.557. The largest absolute Gasteiger partial charge is 0.497 e. The summed E-state index contributed by atoms with van der Waals surface area (Å²) < 4.78 is 10.8. The SMILES string of the molecule is COc1cccc(OCCNc2ccccc2N)c1. The molecule has 0 unspecified atom stereocenters. The lowest BCUT2D eigenvalue weighted by Gasteiger charge is -2.10. The van der Waals surface area contributed by atoms with Gasteiger partial charge in [-0.1, -0.05) is 18.2 Å². The van der Waals surface area contributed by atoms with Gasteiger partial charge in [-0.05, 0) is 24.3 Å². The summed E-state index contributed by atoms with van der Waals surface area (Å²) in [6.45, 7) is 1.24. The number of rotatable bonds is 6. The summed E-state index contributed by atoms with van der Waals surface area (Å²) in [6.07, 6.45) is 0. The zero-order chi connectivity index (χ0) is 13.5. The molecule has 0 atom stereocenters. The van der Waals surface area contributed by atoms with Crippen LogP contribution in [-0.2, 0) is 0 Å². The first-order valence-electron chi connectivity index (χ1n) is 6.15. The molecule has 2 rings (SSSR count). The van der Waals surface area contributed by atoms with Gasteiger partial charge in [-0.3, -0.25) is 0 Å². The van der Waals surface area contributed by atoms with Crippen molar-refractivity contribution in [3.63, 3.8) is 0 Å². The summed E-state index contributed by atoms with van der Waals surface area (Å²) >= 11 is 0. The summed E-state index contributed by atoms with van der Waals surface area (Å²) in [6, 6.07) is 15.2. The molecule has 3 N–H and O–H groups in total. The monoisotopic (exact) mass is 258 g/mol. The van der Waals surface area contributed by atoms with Crippen LogP contribution >= 0.6 is 0 Å². The van der Waals surface area contributed by atoms with E-state index in [1.807, 2.05) is 48.5 Å². The number of nitrogens with one attached hydrogen (secondary N) is 1. The van der Waals surface area contributed by atoms with Crippen LogP contribution in [0.1, 0.15) is 0 Å². The second kappa shape index (κ2) is 6.54. The maximum Gasteiger partial charge on any atom is 0.123 e. The van der Waals surface area contributed by atoms with E-state index < -0.39 is 0 Å². The molecule has 0 aliphatic carbocycles. The summed E-state index contributed by atoms with van der Waals surface area (Å²) in [5.41, 5.74) is 7.50. The average Bonchev–Trinajstić information content (AvgIpc) is 2.45. The van der Waals surface area contributed by atoms with Crippen molar-refractivity contribution in [3.8, 4) is 11.5 Å². The van der Waals surface area contributed by atoms with Crippen molar-refractivity contribution in [1.29, 1.82) is 0 Å². The molecule has 0 radical (unpaired) electrons. The Kier molecular flexibility index (Phi) is 4.50. The van der Waals surface area contributed by atoms with Gasteiger partial charge in [0.2, 0.25) is 0 Å². The minimum absolute atomic E-state index is 0.557. The Morgan fingerprint density at radius 2 is 1.84 bits per heavy atom. The number of nitrogen functional groups attached to an aromatic ring is 1. The number of hydrogen-bond donors (Lipinski definition) is 2. The molecule has 0 aromatic heterocycles. The first kappa shape index (κ1) is 13.1. The number of anilines is 2. The quantitative estimate of drug-likeness (QED) is 0.618. The highest BCUT2D eigenvalue weighted by molar-refractivity contribution is 5.65. The predicted octanol–water partition coefficient (Wildman–Crippen LogP) is 2.77. The van der Waals surface area contributed by atoms with Gasteiger partial charge in [-0.25, -0.2) is 0 Å². The predicted molar refractivity (Wildman–Crippen MR) is 77.8 cm³/mol. The highest BCUT2D eigenvalue weighted by Gasteiger charge is 1.98. The van der Waals surface area contributed by atoms with Crippen molar-refractivity contribution in [2.24, 2.45) is 0 Å². The number of para-hydroxylation sites is 2. The molecule has 19 heavy (non-hydrogen) atoms. The molecule has 0 saturated carbocycles. The molecule has 4 heteroatoms. The molecule has 2 aromatic rings. The molecule has 4 nitrogen and oxygen atoms in total. The fourth-order valence-electron chi connectivity index (χ4n) is 1.70. The van der Waals surface area contributed by atoms with Crippen LogP contribution in [0.25, 0.3) is 0 Å². The third kappa shape index (κ3) is 3.81. The normalized spacial score (nSPS) is 9.95. The molecule has 100 valence electrons. The van der Waals surface area contributed by atoms with E-state index in [0.29, 0.717) is 13.2 Å². The molecular weight excluding hydrogens is 240 g/mol. The Morgan fingerprint density at radius 1 is 1.05 bits per heavy atom. The molecule has 0 fully saturated rings. The summed E-state index contributed by atoms with van der Waals surface area (Å²) in [5, 5.41) is 3.23. The van der Waals surface area contributed by atoms with Crippen molar-refractivity contribution in [1.82, 2.24) is 0 Å². The topological polar surface area (TPSA) is 56.5 Å². The lowest BCUT2D eigenvalue weighted by Crippen LogP contribution is -2.12. The van der Waals surface area contributed by atoms with E-state index in [9.17, 15) is 0 Å². The highest BCUT2D eigenvalue weighted by Crippen LogP contribution is 2.19. The average molecular weight is 258 g/mol. The molecule has 0 amide bonds. The van der Waals surface area contributed by atoms with Gasteiger partial charge >= 0.3 is 0 Å². The third-order valence-electron chi connectivity index (χ3n) is 2.69. The lowest BCUT2D eigenvalue weighted by molar-refractivity contribution is 0.329. The van der Waals surface area contributed by atoms with Crippen molar-refractivity contribution in [2.45, 2.75) is 0 Å². The number of methoxy groups -OCH3 is 1. The van der Waals surface area contributed by atoms with E-state index in [4.69, 9.17) is 15.2 Å². The van der Waals surface area contributed by atoms with Gasteiger partial charge in [-0.2, -0.15) is 0 Å². The molecule has 0 saturated heterocycles. The van der Waals surface area contributed by atoms with Crippen LogP contribution in [0.2, 0.25) is 0 Å². The van der Waals surface area contributed by atoms with Crippen LogP contribution in [0.4, 0.5) is 11.4 Å². The van der Waals surface area contributed by atoms with Crippen LogP contribution in [0.15, 0.2) is 48.5 Å². The maximum atomic E-state index is 5.83. The Labute approximate surface area is 113 Å². The van der Waals surface area contributed by atoms with E-state index in [2.05, 4.69) is 5.32 Å². The fraction of sp³-hybridized carbons (Fsp3) is 0.200. The van der Waals surface area contributed by atoms with E-state index in [-0.39, 0.29) is 0 Å². The molecule has 0 heterocycles. The maximum absolute atomic E-state index is 5.83. The van der Waals surface area contributed by atoms with Crippen LogP contribution in [0.5, 0.6) is 11.5 Å². The molecular formula is C15H18N2O2. The number of benzene rings is 2. The minimum Gasteiger partial charge on any atom is -0.497 e. The standard InChI is InChI=1S/C15H18N2O2/c1-18-12-5-4-6-13(11-12)19-10-9-17-15-8-3-2-7-14(15)16/h2-8,11,17H,9-10,16H2,1H3. The van der Waals surface area contributed by atoms with Crippen molar-refractivity contribution >= 4 is 11.4 Å². The molecule has 0 aliphatic rings. The number of nitrogens with two attached hydrogens (primary N) is 1. The van der Waals surface area contributed by atoms with Gasteiger partial charge in [0.15, 0.2) is 0 Å². The molecule has 2 aromatic carbocycles. The van der Waals surface area contributed by atoms with Crippen molar-refractivity contribution in [2.75, 3.05) is 31.3 Å². The first-order chi connectivity index (χ1) is 9.29. The fourth-order valence-corrected chi connectivity index (χ4v) is 1.70. The Balaban J connectivity index is 1.79. The summed E-state index contributed by atoms with van der Waals surface area (Å²) in [4.78, 5) is 0. The van der Waals surface area contributed by atoms with Crippen molar-refractivity contribution in [3.05, 3.63) is 48.5 Å². The molecule has 0 aliphatic heterocycles. The van der Waals surface area contributed by atoms with Crippen molar-refractivity contribution < 1.29 is 9.47 Å². The number of ether oxygens (including phenoxy) is 2. The van der Waals surface area contributed by atoms with Crippen LogP contribution in [0.3, 0.4) is 0 Å². The van der Waals surface area contributed by atoms with Gasteiger partial charge in [0.1, 0.15) is 18.1 Å². The summed E-state index contributed by atoms with van der Waals surface area (Å²) in [5.74, 6) is 1.58. The highest BCUT2D eigenvalue weighted by atomic mass is 16.5. The van der Waals surface area contributed by atoms with Crippen LogP contribution in [0, 0.1) is 0 Å². The van der Waals surface area contributed by atoms with Gasteiger partial charge in [0.05, 0.1) is 18.5 Å². The van der Waals surface area contributed by atoms with E-state index in [0.717, 1.165) is 22.9 Å². The Morgan fingerprint density at radius 3 is 2.63 bits per heavy atom. The first-order valence-corrected chi connectivity index (χ1v) is 6.15. The Hall–Kier alpha value is -2.36. The zero-order valence-corrected chi connectivity index (χ0v) is 10.9. The van der Waals surface area contributed by atoms with E-state index in [1.54, 1.807) is 7.11 Å². The molecule has 0 bridgehead atoms. The van der Waals surface area contributed by atoms with Gasteiger partial charge < -0.3 is 20.5 Å². The summed E-state index contributed by atoms with van der Waals surface area (Å²) in [7, 11) is 1.64. The van der Waals surface area contributed by atoms with Gasteiger partial charge in [-0.15, -0.1) is 0 Å². The number of hydrogen-bond acceptors (Lipinski definition) is 4. The van der Waals surface area contributed by atoms with Gasteiger partial charge in [0.25, 0.3) is 0 Å². The van der Waals surface area contributed by atoms with Crippen LogP contribution < -0.4 is 20.5 Å². The van der Waals surface area contributed by atoms with E-state index >= 15 is 0 Å². The van der Waals surface area contributed by atoms with E-state index in [1.165, 1.54) is 0 Å². The molecule has 0 spiro atoms. The smallest absolute Gasteiger partial charge is 0.123 e. The third-order valence-corrected chi connectivity index (χ3v) is 2.69. The second-order valence-electron chi connectivity index (χ2n) is 4.04. The van der Waals surface area contributed by atoms with Gasteiger partial charge in [0, 0.05) is 12.6 Å².